The molecular weight excluding hydrogens is 400 g/mol. The number of hydrogen-bond donors (Lipinski definition) is 2. The third-order valence-electron chi connectivity index (χ3n) is 4.87. The molecular formula is C21H22N6O4. The van der Waals surface area contributed by atoms with Crippen molar-refractivity contribution in [3.63, 3.8) is 0 Å². The van der Waals surface area contributed by atoms with E-state index in [1.165, 1.54) is 7.11 Å². The van der Waals surface area contributed by atoms with Crippen LogP contribution >= 0.6 is 0 Å². The molecule has 2 aromatic heterocycles. The van der Waals surface area contributed by atoms with Crippen LogP contribution in [0.5, 0.6) is 11.6 Å². The quantitative estimate of drug-likeness (QED) is 0.588. The number of amides is 1. The Morgan fingerprint density at radius 2 is 2.16 bits per heavy atom. The first-order valence-corrected chi connectivity index (χ1v) is 9.86. The molecule has 3 aromatic rings. The van der Waals surface area contributed by atoms with Gasteiger partial charge in [-0.15, -0.1) is 0 Å². The third-order valence-corrected chi connectivity index (χ3v) is 4.87. The number of ether oxygens (including phenoxy) is 3. The van der Waals surface area contributed by atoms with Gasteiger partial charge in [0.2, 0.25) is 17.5 Å². The second-order valence-corrected chi connectivity index (χ2v) is 6.74. The van der Waals surface area contributed by atoms with E-state index in [2.05, 4.69) is 25.1 Å². The van der Waals surface area contributed by atoms with Crippen LogP contribution in [0.1, 0.15) is 17.3 Å². The van der Waals surface area contributed by atoms with Gasteiger partial charge in [-0.2, -0.15) is 9.97 Å². The maximum Gasteiger partial charge on any atom is 0.254 e. The maximum absolute atomic E-state index is 12.8. The molecule has 0 spiro atoms. The van der Waals surface area contributed by atoms with E-state index in [9.17, 15) is 4.79 Å². The smallest absolute Gasteiger partial charge is 0.254 e. The van der Waals surface area contributed by atoms with Crippen molar-refractivity contribution >= 4 is 34.3 Å². The zero-order valence-corrected chi connectivity index (χ0v) is 17.3. The van der Waals surface area contributed by atoms with Crippen LogP contribution in [0.4, 0.5) is 17.3 Å². The molecule has 1 aromatic carbocycles. The number of fused-ring (bicyclic) bond motifs is 1. The van der Waals surface area contributed by atoms with E-state index in [0.717, 1.165) is 0 Å². The molecule has 10 nitrogen and oxygen atoms in total. The first-order chi connectivity index (χ1) is 15.1. The molecule has 160 valence electrons. The van der Waals surface area contributed by atoms with Crippen molar-refractivity contribution in [2.45, 2.75) is 6.92 Å². The molecule has 1 fully saturated rings. The number of hydrogen-bond acceptors (Lipinski definition) is 7. The third kappa shape index (κ3) is 4.08. The van der Waals surface area contributed by atoms with Gasteiger partial charge in [-0.3, -0.25) is 4.79 Å². The predicted octanol–water partition coefficient (Wildman–Crippen LogP) is 3.13. The van der Waals surface area contributed by atoms with Gasteiger partial charge in [0.05, 0.1) is 44.6 Å². The summed E-state index contributed by atoms with van der Waals surface area (Å²) in [6.45, 7) is 11.8. The summed E-state index contributed by atoms with van der Waals surface area (Å²) in [7, 11) is 1.53. The number of nitrogens with one attached hydrogen (secondary N) is 2. The van der Waals surface area contributed by atoms with E-state index >= 15 is 0 Å². The Bertz CT molecular complexity index is 1150. The highest BCUT2D eigenvalue weighted by molar-refractivity contribution is 5.96. The second kappa shape index (κ2) is 8.89. The van der Waals surface area contributed by atoms with Crippen molar-refractivity contribution in [2.24, 2.45) is 0 Å². The van der Waals surface area contributed by atoms with Gasteiger partial charge in [-0.05, 0) is 25.1 Å². The van der Waals surface area contributed by atoms with Crippen LogP contribution in [-0.2, 0) is 4.74 Å². The van der Waals surface area contributed by atoms with Gasteiger partial charge in [-0.25, -0.2) is 4.85 Å². The Morgan fingerprint density at radius 3 is 2.87 bits per heavy atom. The SMILES string of the molecule is [C-]#[N+]c1c[nH]c2nc(Nc3ccc(C(=O)N4CCOCC4)cc3OC)nc(OCC)c12. The summed E-state index contributed by atoms with van der Waals surface area (Å²) >= 11 is 0. The average Bonchev–Trinajstić information content (AvgIpc) is 3.23. The lowest BCUT2D eigenvalue weighted by atomic mass is 10.1. The minimum atomic E-state index is -0.0671. The number of benzene rings is 1. The summed E-state index contributed by atoms with van der Waals surface area (Å²) in [6.07, 6.45) is 1.57. The minimum Gasteiger partial charge on any atom is -0.495 e. The monoisotopic (exact) mass is 422 g/mol. The molecule has 1 saturated heterocycles. The highest BCUT2D eigenvalue weighted by Gasteiger charge is 2.20. The molecule has 4 rings (SSSR count). The molecule has 1 aliphatic rings. The summed E-state index contributed by atoms with van der Waals surface area (Å²) in [6, 6.07) is 5.17. The lowest BCUT2D eigenvalue weighted by Gasteiger charge is -2.27. The van der Waals surface area contributed by atoms with Gasteiger partial charge in [0.25, 0.3) is 5.91 Å². The Morgan fingerprint density at radius 1 is 1.35 bits per heavy atom. The summed E-state index contributed by atoms with van der Waals surface area (Å²) in [5.41, 5.74) is 2.01. The van der Waals surface area contributed by atoms with Crippen molar-refractivity contribution in [1.82, 2.24) is 19.9 Å². The van der Waals surface area contributed by atoms with Crippen LogP contribution in [0, 0.1) is 6.57 Å². The molecule has 1 aliphatic heterocycles. The van der Waals surface area contributed by atoms with Gasteiger partial charge in [-0.1, -0.05) is 0 Å². The largest absolute Gasteiger partial charge is 0.495 e. The number of methoxy groups -OCH3 is 1. The number of carbonyl (C=O) groups is 1. The fraction of sp³-hybridized carbons (Fsp3) is 0.333. The number of nitrogens with zero attached hydrogens (tertiary/aromatic N) is 4. The molecule has 0 aliphatic carbocycles. The molecule has 0 atom stereocenters. The van der Waals surface area contributed by atoms with E-state index in [-0.39, 0.29) is 11.9 Å². The lowest BCUT2D eigenvalue weighted by molar-refractivity contribution is 0.0302. The Kier molecular flexibility index (Phi) is 5.86. The molecule has 0 saturated carbocycles. The van der Waals surface area contributed by atoms with Gasteiger partial charge >= 0.3 is 0 Å². The summed E-state index contributed by atoms with van der Waals surface area (Å²) < 4.78 is 16.4. The zero-order chi connectivity index (χ0) is 21.8. The molecule has 0 radical (unpaired) electrons. The molecule has 3 heterocycles. The van der Waals surface area contributed by atoms with Crippen LogP contribution < -0.4 is 14.8 Å². The predicted molar refractivity (Wildman–Crippen MR) is 114 cm³/mol. The van der Waals surface area contributed by atoms with Crippen LogP contribution in [0.15, 0.2) is 24.4 Å². The van der Waals surface area contributed by atoms with E-state index in [1.54, 1.807) is 29.3 Å². The van der Waals surface area contributed by atoms with Crippen molar-refractivity contribution < 1.29 is 19.0 Å². The molecule has 10 heteroatoms. The highest BCUT2D eigenvalue weighted by atomic mass is 16.5. The van der Waals surface area contributed by atoms with Gasteiger partial charge in [0, 0.05) is 24.8 Å². The highest BCUT2D eigenvalue weighted by Crippen LogP contribution is 2.34. The van der Waals surface area contributed by atoms with Gasteiger partial charge < -0.3 is 29.4 Å². The van der Waals surface area contributed by atoms with E-state index in [0.29, 0.717) is 72.5 Å². The Hall–Kier alpha value is -3.84. The summed E-state index contributed by atoms with van der Waals surface area (Å²) in [5, 5.41) is 3.66. The number of anilines is 2. The molecule has 1 amide bonds. The first kappa shape index (κ1) is 20.4. The molecule has 0 unspecified atom stereocenters. The standard InChI is InChI=1S/C21H22N6O4/c1-4-31-19-17-15(22-2)12-23-18(17)25-21(26-19)24-14-6-5-13(11-16(14)29-3)20(28)27-7-9-30-10-8-27/h5-6,11-12H,4,7-10H2,1,3H3,(H2,23,24,25,26). The van der Waals surface area contributed by atoms with Crippen LogP contribution in [-0.4, -0.2) is 65.8 Å². The number of H-pyrrole nitrogens is 1. The van der Waals surface area contributed by atoms with Gasteiger partial charge in [0.1, 0.15) is 11.4 Å². The number of aromatic amines is 1. The first-order valence-electron chi connectivity index (χ1n) is 9.86. The number of morpholine rings is 1. The van der Waals surface area contributed by atoms with Crippen molar-refractivity contribution in [2.75, 3.05) is 45.3 Å². The molecule has 0 bridgehead atoms. The number of carbonyl (C=O) groups excluding carboxylic acids is 1. The van der Waals surface area contributed by atoms with Crippen molar-refractivity contribution in [3.05, 3.63) is 41.4 Å². The van der Waals surface area contributed by atoms with Crippen molar-refractivity contribution in [3.8, 4) is 11.6 Å². The fourth-order valence-electron chi connectivity index (χ4n) is 3.37. The summed E-state index contributed by atoms with van der Waals surface area (Å²) in [4.78, 5) is 29.8. The Balaban J connectivity index is 1.63. The van der Waals surface area contributed by atoms with E-state index in [1.807, 2.05) is 6.92 Å². The summed E-state index contributed by atoms with van der Waals surface area (Å²) in [5.74, 6) is 1.01. The fourth-order valence-corrected chi connectivity index (χ4v) is 3.37. The van der Waals surface area contributed by atoms with Gasteiger partial charge in [0.15, 0.2) is 0 Å². The van der Waals surface area contributed by atoms with Crippen LogP contribution in [0.3, 0.4) is 0 Å². The zero-order valence-electron chi connectivity index (χ0n) is 17.3. The number of aromatic nitrogens is 3. The molecule has 2 N–H and O–H groups in total. The Labute approximate surface area is 179 Å². The normalized spacial score (nSPS) is 13.6. The average molecular weight is 422 g/mol. The van der Waals surface area contributed by atoms with Crippen LogP contribution in [0.25, 0.3) is 15.9 Å². The molecule has 31 heavy (non-hydrogen) atoms. The van der Waals surface area contributed by atoms with Crippen LogP contribution in [0.2, 0.25) is 0 Å². The maximum atomic E-state index is 12.8. The van der Waals surface area contributed by atoms with E-state index in [4.69, 9.17) is 20.8 Å². The van der Waals surface area contributed by atoms with E-state index < -0.39 is 0 Å². The second-order valence-electron chi connectivity index (χ2n) is 6.74. The number of rotatable bonds is 6. The topological polar surface area (TPSA) is 106 Å². The lowest BCUT2D eigenvalue weighted by Crippen LogP contribution is -2.40. The minimum absolute atomic E-state index is 0.0671. The van der Waals surface area contributed by atoms with Crippen molar-refractivity contribution in [1.29, 1.82) is 0 Å².